The number of guanidine groups is 1. The van der Waals surface area contributed by atoms with Crippen molar-refractivity contribution >= 4 is 17.3 Å². The number of hydrogen-bond donors (Lipinski definition) is 1. The van der Waals surface area contributed by atoms with E-state index in [1.165, 1.54) is 43.6 Å². The van der Waals surface area contributed by atoms with E-state index in [1.54, 1.807) is 0 Å². The van der Waals surface area contributed by atoms with Crippen LogP contribution in [-0.2, 0) is 5.41 Å². The summed E-state index contributed by atoms with van der Waals surface area (Å²) in [6, 6.07) is 4.37. The molecule has 2 fully saturated rings. The van der Waals surface area contributed by atoms with E-state index in [-0.39, 0.29) is 5.41 Å². The molecule has 1 N–H and O–H groups in total. The topological polar surface area (TPSA) is 27.6 Å². The van der Waals surface area contributed by atoms with Crippen LogP contribution in [0.15, 0.2) is 22.5 Å². The Morgan fingerprint density at radius 3 is 2.76 bits per heavy atom. The van der Waals surface area contributed by atoms with Crippen LogP contribution in [0.1, 0.15) is 44.4 Å². The summed E-state index contributed by atoms with van der Waals surface area (Å²) in [5, 5.41) is 5.77. The summed E-state index contributed by atoms with van der Waals surface area (Å²) in [5.41, 5.74) is 0.777. The third-order valence-corrected chi connectivity index (χ3v) is 6.48. The van der Waals surface area contributed by atoms with Crippen molar-refractivity contribution < 1.29 is 0 Å². The molecular formula is C17H27N3S. The van der Waals surface area contributed by atoms with Crippen molar-refractivity contribution in [2.75, 3.05) is 26.7 Å². The first kappa shape index (κ1) is 14.9. The largest absolute Gasteiger partial charge is 0.355 e. The Balaban J connectivity index is 1.58. The first-order chi connectivity index (χ1) is 10.0. The summed E-state index contributed by atoms with van der Waals surface area (Å²) in [5.74, 6) is 1.09. The molecule has 0 unspecified atom stereocenters. The van der Waals surface area contributed by atoms with Crippen molar-refractivity contribution in [2.24, 2.45) is 10.4 Å². The van der Waals surface area contributed by atoms with Gasteiger partial charge in [0.1, 0.15) is 0 Å². The minimum absolute atomic E-state index is 0.151. The molecule has 2 aliphatic rings. The summed E-state index contributed by atoms with van der Waals surface area (Å²) in [7, 11) is 1.91. The van der Waals surface area contributed by atoms with E-state index in [0.29, 0.717) is 5.41 Å². The van der Waals surface area contributed by atoms with Crippen LogP contribution in [0.2, 0.25) is 0 Å². The summed E-state index contributed by atoms with van der Waals surface area (Å²) in [6.45, 7) is 7.90. The van der Waals surface area contributed by atoms with Gasteiger partial charge in [0.15, 0.2) is 5.96 Å². The lowest BCUT2D eigenvalue weighted by molar-refractivity contribution is 0.151. The zero-order chi connectivity index (χ0) is 14.9. The van der Waals surface area contributed by atoms with Crippen molar-refractivity contribution in [3.05, 3.63) is 22.4 Å². The first-order valence-electron chi connectivity index (χ1n) is 8.04. The SMILES string of the molecule is CN=C(NCC(C)(C)c1cccs1)N1CCC2(CCC2)C1. The number of nitrogens with zero attached hydrogens (tertiary/aromatic N) is 2. The fourth-order valence-electron chi connectivity index (χ4n) is 3.58. The van der Waals surface area contributed by atoms with E-state index in [1.807, 2.05) is 18.4 Å². The highest BCUT2D eigenvalue weighted by atomic mass is 32.1. The lowest BCUT2D eigenvalue weighted by Crippen LogP contribution is -2.46. The minimum Gasteiger partial charge on any atom is -0.355 e. The molecule has 1 aromatic rings. The Morgan fingerprint density at radius 2 is 2.24 bits per heavy atom. The van der Waals surface area contributed by atoms with Crippen molar-refractivity contribution in [3.8, 4) is 0 Å². The van der Waals surface area contributed by atoms with Crippen LogP contribution < -0.4 is 5.32 Å². The van der Waals surface area contributed by atoms with Gasteiger partial charge in [0.25, 0.3) is 0 Å². The van der Waals surface area contributed by atoms with Crippen molar-refractivity contribution in [1.82, 2.24) is 10.2 Å². The van der Waals surface area contributed by atoms with Crippen molar-refractivity contribution in [2.45, 2.75) is 44.9 Å². The molecule has 1 aliphatic heterocycles. The summed E-state index contributed by atoms with van der Waals surface area (Å²) >= 11 is 1.84. The molecule has 0 radical (unpaired) electrons. The second kappa shape index (κ2) is 5.64. The van der Waals surface area contributed by atoms with Crippen molar-refractivity contribution in [3.63, 3.8) is 0 Å². The van der Waals surface area contributed by atoms with Crippen LogP contribution in [-0.4, -0.2) is 37.5 Å². The van der Waals surface area contributed by atoms with Gasteiger partial charge >= 0.3 is 0 Å². The van der Waals surface area contributed by atoms with Crippen molar-refractivity contribution in [1.29, 1.82) is 0 Å². The minimum atomic E-state index is 0.151. The number of likely N-dealkylation sites (tertiary alicyclic amines) is 1. The summed E-state index contributed by atoms with van der Waals surface area (Å²) < 4.78 is 0. The third-order valence-electron chi connectivity index (χ3n) is 5.24. The zero-order valence-corrected chi connectivity index (χ0v) is 14.3. The standard InChI is InChI=1S/C17H27N3S/c1-16(2,14-6-4-11-21-14)12-19-15(18-3)20-10-9-17(13-20)7-5-8-17/h4,6,11H,5,7-10,12-13H2,1-3H3,(H,18,19). The highest BCUT2D eigenvalue weighted by molar-refractivity contribution is 7.10. The van der Waals surface area contributed by atoms with E-state index >= 15 is 0 Å². The molecule has 2 heterocycles. The quantitative estimate of drug-likeness (QED) is 0.684. The van der Waals surface area contributed by atoms with Gasteiger partial charge in [-0.1, -0.05) is 26.3 Å². The molecule has 21 heavy (non-hydrogen) atoms. The number of nitrogens with one attached hydrogen (secondary N) is 1. The molecule has 0 bridgehead atoms. The van der Waals surface area contributed by atoms with E-state index in [4.69, 9.17) is 0 Å². The van der Waals surface area contributed by atoms with E-state index in [0.717, 1.165) is 12.5 Å². The van der Waals surface area contributed by atoms with Crippen LogP contribution in [0.5, 0.6) is 0 Å². The number of hydrogen-bond acceptors (Lipinski definition) is 2. The van der Waals surface area contributed by atoms with Gasteiger partial charge < -0.3 is 10.2 Å². The van der Waals surface area contributed by atoms with Gasteiger partial charge in [-0.3, -0.25) is 4.99 Å². The molecule has 116 valence electrons. The Bertz CT molecular complexity index is 500. The molecule has 3 rings (SSSR count). The van der Waals surface area contributed by atoms with Crippen LogP contribution in [0.4, 0.5) is 0 Å². The van der Waals surface area contributed by atoms with Gasteiger partial charge in [-0.15, -0.1) is 11.3 Å². The molecule has 0 aromatic carbocycles. The summed E-state index contributed by atoms with van der Waals surface area (Å²) in [6.07, 6.45) is 5.61. The highest BCUT2D eigenvalue weighted by Crippen LogP contribution is 2.47. The average Bonchev–Trinajstić information content (AvgIpc) is 3.08. The monoisotopic (exact) mass is 305 g/mol. The molecule has 4 heteroatoms. The summed E-state index contributed by atoms with van der Waals surface area (Å²) in [4.78, 5) is 8.41. The third kappa shape index (κ3) is 2.96. The fourth-order valence-corrected chi connectivity index (χ4v) is 4.44. The van der Waals surface area contributed by atoms with Crippen LogP contribution in [0.25, 0.3) is 0 Å². The number of thiophene rings is 1. The van der Waals surface area contributed by atoms with Gasteiger partial charge in [-0.2, -0.15) is 0 Å². The van der Waals surface area contributed by atoms with Crippen LogP contribution in [0.3, 0.4) is 0 Å². The highest BCUT2D eigenvalue weighted by Gasteiger charge is 2.43. The normalized spacial score (nSPS) is 21.7. The molecule has 1 aromatic heterocycles. The Kier molecular flexibility index (Phi) is 4.00. The molecule has 3 nitrogen and oxygen atoms in total. The van der Waals surface area contributed by atoms with E-state index in [2.05, 4.69) is 46.6 Å². The Hall–Kier alpha value is -1.03. The maximum absolute atomic E-state index is 4.51. The van der Waals surface area contributed by atoms with E-state index in [9.17, 15) is 0 Å². The van der Waals surface area contributed by atoms with Crippen LogP contribution in [0, 0.1) is 5.41 Å². The zero-order valence-electron chi connectivity index (χ0n) is 13.5. The molecule has 1 saturated heterocycles. The molecule has 1 aliphatic carbocycles. The Morgan fingerprint density at radius 1 is 1.43 bits per heavy atom. The number of aliphatic imine (C=N–C) groups is 1. The van der Waals surface area contributed by atoms with Gasteiger partial charge in [-0.05, 0) is 36.1 Å². The lowest BCUT2D eigenvalue weighted by Gasteiger charge is -2.38. The van der Waals surface area contributed by atoms with Gasteiger partial charge in [0, 0.05) is 37.0 Å². The Labute approximate surface area is 132 Å². The number of rotatable bonds is 3. The molecule has 1 spiro atoms. The molecule has 0 amide bonds. The second-order valence-electron chi connectivity index (χ2n) is 7.29. The predicted molar refractivity (Wildman–Crippen MR) is 91.2 cm³/mol. The maximum atomic E-state index is 4.51. The second-order valence-corrected chi connectivity index (χ2v) is 8.23. The molecule has 0 atom stereocenters. The first-order valence-corrected chi connectivity index (χ1v) is 8.92. The lowest BCUT2D eigenvalue weighted by atomic mass is 9.68. The molecular weight excluding hydrogens is 278 g/mol. The van der Waals surface area contributed by atoms with Gasteiger partial charge in [-0.25, -0.2) is 0 Å². The maximum Gasteiger partial charge on any atom is 0.193 e. The average molecular weight is 305 g/mol. The smallest absolute Gasteiger partial charge is 0.193 e. The van der Waals surface area contributed by atoms with Gasteiger partial charge in [0.2, 0.25) is 0 Å². The van der Waals surface area contributed by atoms with E-state index < -0.39 is 0 Å². The van der Waals surface area contributed by atoms with Crippen LogP contribution >= 0.6 is 11.3 Å². The molecule has 1 saturated carbocycles. The fraction of sp³-hybridized carbons (Fsp3) is 0.706. The van der Waals surface area contributed by atoms with Gasteiger partial charge in [0.05, 0.1) is 0 Å². The predicted octanol–water partition coefficient (Wildman–Crippen LogP) is 3.48.